The highest BCUT2D eigenvalue weighted by atomic mass is 16.2. The van der Waals surface area contributed by atoms with Gasteiger partial charge in [0.25, 0.3) is 11.8 Å². The normalized spacial score (nSPS) is 13.2. The van der Waals surface area contributed by atoms with Crippen LogP contribution in [0.2, 0.25) is 0 Å². The van der Waals surface area contributed by atoms with Crippen molar-refractivity contribution >= 4 is 17.8 Å². The Balaban J connectivity index is 1.67. The molecule has 2 heterocycles. The fraction of sp³-hybridized carbons (Fsp3) is 0.0333. The second kappa shape index (κ2) is 8.22. The van der Waals surface area contributed by atoms with Crippen LogP contribution in [-0.4, -0.2) is 21.4 Å². The summed E-state index contributed by atoms with van der Waals surface area (Å²) in [5.41, 5.74) is 2.83. The first-order valence-electron chi connectivity index (χ1n) is 11.4. The molecule has 1 aromatic heterocycles. The molecule has 0 saturated heterocycles. The van der Waals surface area contributed by atoms with Crippen molar-refractivity contribution in [3.63, 3.8) is 0 Å². The summed E-state index contributed by atoms with van der Waals surface area (Å²) in [6.45, 7) is 0. The number of imide groups is 1. The number of nitrogens with zero attached hydrogens (tertiary/aromatic N) is 3. The lowest BCUT2D eigenvalue weighted by molar-refractivity contribution is 0.0922. The third kappa shape index (κ3) is 3.05. The molecule has 5 aromatic rings. The van der Waals surface area contributed by atoms with E-state index >= 15 is 0 Å². The van der Waals surface area contributed by atoms with Gasteiger partial charge in [-0.15, -0.1) is 0 Å². The second-order valence-electron chi connectivity index (χ2n) is 8.40. The molecule has 1 aliphatic rings. The molecule has 6 rings (SSSR count). The Hall–Kier alpha value is -4.77. The number of rotatable bonds is 5. The van der Waals surface area contributed by atoms with E-state index in [0.717, 1.165) is 16.7 Å². The van der Waals surface area contributed by atoms with Crippen LogP contribution in [0.25, 0.3) is 0 Å². The van der Waals surface area contributed by atoms with Crippen molar-refractivity contribution in [1.29, 1.82) is 0 Å². The maximum Gasteiger partial charge on any atom is 0.268 e. The number of anilines is 1. The van der Waals surface area contributed by atoms with Gasteiger partial charge in [-0.05, 0) is 28.8 Å². The Morgan fingerprint density at radius 3 is 1.37 bits per heavy atom. The van der Waals surface area contributed by atoms with Crippen LogP contribution >= 0.6 is 0 Å². The maximum atomic E-state index is 13.4. The van der Waals surface area contributed by atoms with Crippen LogP contribution in [0.15, 0.2) is 128 Å². The number of fused-ring (bicyclic) bond motifs is 1. The molecular formula is C30H21N3O2. The van der Waals surface area contributed by atoms with E-state index in [1.165, 1.54) is 4.90 Å². The molecule has 0 spiro atoms. The zero-order valence-electron chi connectivity index (χ0n) is 18.8. The maximum absolute atomic E-state index is 13.4. The number of amides is 2. The third-order valence-electron chi connectivity index (χ3n) is 6.55. The molecule has 1 aliphatic heterocycles. The first kappa shape index (κ1) is 20.8. The molecule has 5 nitrogen and oxygen atoms in total. The van der Waals surface area contributed by atoms with E-state index in [1.807, 2.05) is 65.4 Å². The molecular weight excluding hydrogens is 434 g/mol. The summed E-state index contributed by atoms with van der Waals surface area (Å²) in [4.78, 5) is 32.7. The Morgan fingerprint density at radius 2 is 0.943 bits per heavy atom. The highest BCUT2D eigenvalue weighted by Gasteiger charge is 2.45. The number of hydrogen-bond acceptors (Lipinski definition) is 3. The van der Waals surface area contributed by atoms with Crippen LogP contribution in [0, 0.1) is 0 Å². The third-order valence-corrected chi connectivity index (χ3v) is 6.55. The van der Waals surface area contributed by atoms with Gasteiger partial charge in [-0.3, -0.25) is 14.2 Å². The minimum absolute atomic E-state index is 0.271. The zero-order chi connectivity index (χ0) is 23.8. The molecule has 2 amide bonds. The van der Waals surface area contributed by atoms with Gasteiger partial charge in [0, 0.05) is 12.4 Å². The van der Waals surface area contributed by atoms with E-state index in [1.54, 1.807) is 30.5 Å². The SMILES string of the molecule is O=C1c2ccccc2C(=O)N1c1nccn1C(c1ccccc1)(c1ccccc1)c1ccccc1. The molecule has 0 atom stereocenters. The lowest BCUT2D eigenvalue weighted by Gasteiger charge is -2.39. The van der Waals surface area contributed by atoms with Gasteiger partial charge in [0.05, 0.1) is 11.1 Å². The van der Waals surface area contributed by atoms with Gasteiger partial charge in [-0.2, -0.15) is 0 Å². The summed E-state index contributed by atoms with van der Waals surface area (Å²) in [5, 5.41) is 0. The Bertz CT molecular complexity index is 1390. The van der Waals surface area contributed by atoms with E-state index in [9.17, 15) is 9.59 Å². The average Bonchev–Trinajstić information content (AvgIpc) is 3.49. The largest absolute Gasteiger partial charge is 0.298 e. The number of hydrogen-bond donors (Lipinski definition) is 0. The highest BCUT2D eigenvalue weighted by Crippen LogP contribution is 2.43. The standard InChI is InChI=1S/C30H21N3O2/c34-27-25-18-10-11-19-26(25)28(35)33(27)29-31-20-21-32(29)30(22-12-4-1-5-13-22,23-14-6-2-7-15-23)24-16-8-3-9-17-24/h1-21H. The number of imidazole rings is 1. The highest BCUT2D eigenvalue weighted by molar-refractivity contribution is 6.33. The van der Waals surface area contributed by atoms with Crippen molar-refractivity contribution in [2.24, 2.45) is 0 Å². The summed E-state index contributed by atoms with van der Waals surface area (Å²) in [7, 11) is 0. The zero-order valence-corrected chi connectivity index (χ0v) is 18.8. The van der Waals surface area contributed by atoms with E-state index in [4.69, 9.17) is 0 Å². The molecule has 0 unspecified atom stereocenters. The predicted octanol–water partition coefficient (Wildman–Crippen LogP) is 5.52. The molecule has 0 radical (unpaired) electrons. The van der Waals surface area contributed by atoms with E-state index in [2.05, 4.69) is 41.4 Å². The lowest BCUT2D eigenvalue weighted by atomic mass is 9.76. The lowest BCUT2D eigenvalue weighted by Crippen LogP contribution is -2.41. The number of carbonyl (C=O) groups excluding carboxylic acids is 2. The minimum Gasteiger partial charge on any atom is -0.298 e. The molecule has 0 saturated carbocycles. The van der Waals surface area contributed by atoms with Gasteiger partial charge in [0.1, 0.15) is 5.54 Å². The van der Waals surface area contributed by atoms with Crippen molar-refractivity contribution in [3.8, 4) is 0 Å². The number of carbonyl (C=O) groups is 2. The van der Waals surface area contributed by atoms with Crippen molar-refractivity contribution in [3.05, 3.63) is 155 Å². The van der Waals surface area contributed by atoms with Gasteiger partial charge < -0.3 is 0 Å². The summed E-state index contributed by atoms with van der Waals surface area (Å²) in [5.74, 6) is -0.477. The summed E-state index contributed by atoms with van der Waals surface area (Å²) < 4.78 is 1.94. The average molecular weight is 456 g/mol. The van der Waals surface area contributed by atoms with Gasteiger partial charge in [0.2, 0.25) is 5.95 Å². The van der Waals surface area contributed by atoms with Crippen LogP contribution in [0.3, 0.4) is 0 Å². The minimum atomic E-state index is -0.884. The summed E-state index contributed by atoms with van der Waals surface area (Å²) >= 11 is 0. The van der Waals surface area contributed by atoms with Gasteiger partial charge in [-0.1, -0.05) is 103 Å². The fourth-order valence-corrected chi connectivity index (χ4v) is 5.05. The smallest absolute Gasteiger partial charge is 0.268 e. The fourth-order valence-electron chi connectivity index (χ4n) is 5.05. The molecule has 168 valence electrons. The number of aromatic nitrogens is 2. The van der Waals surface area contributed by atoms with Crippen molar-refractivity contribution in [2.75, 3.05) is 4.90 Å². The quantitative estimate of drug-likeness (QED) is 0.259. The number of benzene rings is 4. The molecule has 0 bridgehead atoms. The second-order valence-corrected chi connectivity index (χ2v) is 8.40. The first-order chi connectivity index (χ1) is 17.2. The summed E-state index contributed by atoms with van der Waals surface area (Å²) in [6, 6.07) is 37.2. The van der Waals surface area contributed by atoms with E-state index < -0.39 is 5.54 Å². The Labute approximate surface area is 202 Å². The molecule has 4 aromatic carbocycles. The predicted molar refractivity (Wildman–Crippen MR) is 134 cm³/mol. The molecule has 0 aliphatic carbocycles. The van der Waals surface area contributed by atoms with Crippen molar-refractivity contribution in [2.45, 2.75) is 5.54 Å². The summed E-state index contributed by atoms with van der Waals surface area (Å²) in [6.07, 6.45) is 3.48. The van der Waals surface area contributed by atoms with Gasteiger partial charge in [-0.25, -0.2) is 9.88 Å². The van der Waals surface area contributed by atoms with Crippen LogP contribution in [-0.2, 0) is 5.54 Å². The molecule has 0 fully saturated rings. The van der Waals surface area contributed by atoms with Crippen molar-refractivity contribution < 1.29 is 9.59 Å². The molecule has 0 N–H and O–H groups in total. The monoisotopic (exact) mass is 455 g/mol. The first-order valence-corrected chi connectivity index (χ1v) is 11.4. The van der Waals surface area contributed by atoms with Crippen LogP contribution < -0.4 is 4.90 Å². The Kier molecular flexibility index (Phi) is 4.89. The van der Waals surface area contributed by atoms with E-state index in [-0.39, 0.29) is 17.8 Å². The Morgan fingerprint density at radius 1 is 0.543 bits per heavy atom. The van der Waals surface area contributed by atoms with Gasteiger partial charge >= 0.3 is 0 Å². The van der Waals surface area contributed by atoms with Crippen LogP contribution in [0.5, 0.6) is 0 Å². The van der Waals surface area contributed by atoms with Crippen LogP contribution in [0.4, 0.5) is 5.95 Å². The van der Waals surface area contributed by atoms with E-state index in [0.29, 0.717) is 11.1 Å². The topological polar surface area (TPSA) is 55.2 Å². The van der Waals surface area contributed by atoms with Gasteiger partial charge in [0.15, 0.2) is 0 Å². The van der Waals surface area contributed by atoms with Crippen LogP contribution in [0.1, 0.15) is 37.4 Å². The van der Waals surface area contributed by atoms with Crippen molar-refractivity contribution in [1.82, 2.24) is 9.55 Å². The molecule has 5 heteroatoms. The molecule has 35 heavy (non-hydrogen) atoms.